The van der Waals surface area contributed by atoms with Gasteiger partial charge in [-0.05, 0) is 48.5 Å². The number of halogens is 2. The summed E-state index contributed by atoms with van der Waals surface area (Å²) >= 11 is 7.48. The second-order valence-corrected chi connectivity index (χ2v) is 8.05. The molecule has 9 heteroatoms. The van der Waals surface area contributed by atoms with Crippen LogP contribution in [-0.2, 0) is 0 Å². The first kappa shape index (κ1) is 19.5. The number of benzene rings is 2. The van der Waals surface area contributed by atoms with E-state index in [0.717, 1.165) is 15.5 Å². The zero-order chi connectivity index (χ0) is 21.2. The molecule has 0 aliphatic heterocycles. The molecule has 0 unspecified atom stereocenters. The Morgan fingerprint density at radius 1 is 1.06 bits per heavy atom. The van der Waals surface area contributed by atoms with E-state index in [0.29, 0.717) is 27.7 Å². The average molecular weight is 450 g/mol. The van der Waals surface area contributed by atoms with Crippen LogP contribution in [0.2, 0.25) is 5.02 Å². The molecule has 2 aromatic carbocycles. The molecule has 6 nitrogen and oxygen atoms in total. The van der Waals surface area contributed by atoms with Gasteiger partial charge in [-0.3, -0.25) is 4.98 Å². The molecule has 0 atom stereocenters. The highest BCUT2D eigenvalue weighted by Gasteiger charge is 2.18. The third-order valence-corrected chi connectivity index (χ3v) is 5.75. The fraction of sp³-hybridized carbons (Fsp3) is 0. The van der Waals surface area contributed by atoms with Crippen molar-refractivity contribution >= 4 is 23.4 Å². The van der Waals surface area contributed by atoms with Crippen molar-refractivity contribution in [3.05, 3.63) is 90.4 Å². The summed E-state index contributed by atoms with van der Waals surface area (Å²) < 4.78 is 21.6. The SMILES string of the molecule is Fc1cc(-c2ncon2)ccc1-c1nn(-c2cccnc2)cc1Sc1ccc(Cl)cc1. The van der Waals surface area contributed by atoms with Crippen LogP contribution in [0.25, 0.3) is 28.3 Å². The van der Waals surface area contributed by atoms with Crippen molar-refractivity contribution in [2.45, 2.75) is 9.79 Å². The third kappa shape index (κ3) is 4.08. The van der Waals surface area contributed by atoms with E-state index in [-0.39, 0.29) is 0 Å². The molecule has 0 aliphatic rings. The van der Waals surface area contributed by atoms with Crippen molar-refractivity contribution in [1.29, 1.82) is 0 Å². The molecule has 3 heterocycles. The zero-order valence-corrected chi connectivity index (χ0v) is 17.4. The summed E-state index contributed by atoms with van der Waals surface area (Å²) in [6.07, 6.45) is 6.45. The Labute approximate surface area is 185 Å². The topological polar surface area (TPSA) is 69.6 Å². The van der Waals surface area contributed by atoms with E-state index in [1.54, 1.807) is 29.2 Å². The maximum absolute atomic E-state index is 15.1. The van der Waals surface area contributed by atoms with Crippen molar-refractivity contribution in [3.63, 3.8) is 0 Å². The van der Waals surface area contributed by atoms with Crippen LogP contribution in [0.1, 0.15) is 0 Å². The maximum Gasteiger partial charge on any atom is 0.214 e. The third-order valence-electron chi connectivity index (χ3n) is 4.48. The Morgan fingerprint density at radius 3 is 2.65 bits per heavy atom. The molecule has 0 radical (unpaired) electrons. The van der Waals surface area contributed by atoms with Crippen LogP contribution in [0.3, 0.4) is 0 Å². The number of hydrogen-bond donors (Lipinski definition) is 0. The van der Waals surface area contributed by atoms with Crippen LogP contribution >= 0.6 is 23.4 Å². The number of hydrogen-bond acceptors (Lipinski definition) is 6. The number of nitrogens with zero attached hydrogens (tertiary/aromatic N) is 5. The lowest BCUT2D eigenvalue weighted by atomic mass is 10.1. The van der Waals surface area contributed by atoms with Gasteiger partial charge in [-0.25, -0.2) is 9.07 Å². The molecule has 0 aliphatic carbocycles. The molecule has 5 aromatic rings. The first-order valence-corrected chi connectivity index (χ1v) is 10.4. The van der Waals surface area contributed by atoms with Crippen molar-refractivity contribution in [1.82, 2.24) is 24.9 Å². The Balaban J connectivity index is 1.59. The van der Waals surface area contributed by atoms with Gasteiger partial charge in [-0.1, -0.05) is 34.6 Å². The predicted octanol–water partition coefficient (Wildman–Crippen LogP) is 5.93. The molecule has 0 saturated heterocycles. The van der Waals surface area contributed by atoms with Gasteiger partial charge in [-0.15, -0.1) is 0 Å². The average Bonchev–Trinajstić information content (AvgIpc) is 3.47. The summed E-state index contributed by atoms with van der Waals surface area (Å²) in [4.78, 5) is 9.86. The van der Waals surface area contributed by atoms with Gasteiger partial charge < -0.3 is 4.52 Å². The Morgan fingerprint density at radius 2 is 1.94 bits per heavy atom. The van der Waals surface area contributed by atoms with Gasteiger partial charge in [0.05, 0.1) is 16.8 Å². The quantitative estimate of drug-likeness (QED) is 0.331. The van der Waals surface area contributed by atoms with Gasteiger partial charge in [0.25, 0.3) is 0 Å². The summed E-state index contributed by atoms with van der Waals surface area (Å²) in [5, 5.41) is 9.07. The van der Waals surface area contributed by atoms with Gasteiger partial charge in [0.2, 0.25) is 12.2 Å². The number of aromatic nitrogens is 5. The summed E-state index contributed by atoms with van der Waals surface area (Å²) in [6.45, 7) is 0. The van der Waals surface area contributed by atoms with E-state index in [1.165, 1.54) is 24.2 Å². The maximum atomic E-state index is 15.1. The summed E-state index contributed by atoms with van der Waals surface area (Å²) in [5.41, 5.74) is 2.18. The van der Waals surface area contributed by atoms with E-state index in [4.69, 9.17) is 16.1 Å². The first-order chi connectivity index (χ1) is 15.2. The van der Waals surface area contributed by atoms with Gasteiger partial charge in [0.15, 0.2) is 0 Å². The minimum atomic E-state index is -0.434. The molecular formula is C22H13ClFN5OS. The minimum absolute atomic E-state index is 0.321. The van der Waals surface area contributed by atoms with E-state index in [2.05, 4.69) is 20.2 Å². The largest absolute Gasteiger partial charge is 0.342 e. The Kier molecular flexibility index (Phi) is 5.23. The normalized spacial score (nSPS) is 11.0. The summed E-state index contributed by atoms with van der Waals surface area (Å²) in [7, 11) is 0. The van der Waals surface area contributed by atoms with E-state index in [1.807, 2.05) is 42.6 Å². The lowest BCUT2D eigenvalue weighted by Crippen LogP contribution is -1.96. The summed E-state index contributed by atoms with van der Waals surface area (Å²) in [6, 6.07) is 15.9. The van der Waals surface area contributed by atoms with Crippen molar-refractivity contribution in [3.8, 4) is 28.3 Å². The number of rotatable bonds is 5. The van der Waals surface area contributed by atoms with E-state index >= 15 is 4.39 Å². The van der Waals surface area contributed by atoms with Gasteiger partial charge >= 0.3 is 0 Å². The highest BCUT2D eigenvalue weighted by atomic mass is 35.5. The number of pyridine rings is 1. The van der Waals surface area contributed by atoms with Gasteiger partial charge in [0.1, 0.15) is 11.5 Å². The molecule has 0 spiro atoms. The molecule has 0 N–H and O–H groups in total. The second-order valence-electron chi connectivity index (χ2n) is 6.50. The fourth-order valence-electron chi connectivity index (χ4n) is 3.01. The lowest BCUT2D eigenvalue weighted by molar-refractivity contribution is 0.418. The van der Waals surface area contributed by atoms with Gasteiger partial charge in [0, 0.05) is 33.4 Å². The van der Waals surface area contributed by atoms with Gasteiger partial charge in [-0.2, -0.15) is 10.1 Å². The Bertz CT molecular complexity index is 1320. The molecule has 0 bridgehead atoms. The first-order valence-electron chi connectivity index (χ1n) is 9.17. The predicted molar refractivity (Wildman–Crippen MR) is 116 cm³/mol. The van der Waals surface area contributed by atoms with Crippen LogP contribution in [0.5, 0.6) is 0 Å². The van der Waals surface area contributed by atoms with E-state index < -0.39 is 5.82 Å². The Hall–Kier alpha value is -3.49. The molecule has 3 aromatic heterocycles. The molecular weight excluding hydrogens is 437 g/mol. The van der Waals surface area contributed by atoms with Crippen molar-refractivity contribution in [2.75, 3.05) is 0 Å². The van der Waals surface area contributed by atoms with E-state index in [9.17, 15) is 0 Å². The fourth-order valence-corrected chi connectivity index (χ4v) is 4.07. The molecule has 0 saturated carbocycles. The molecule has 152 valence electrons. The molecule has 5 rings (SSSR count). The zero-order valence-electron chi connectivity index (χ0n) is 15.8. The highest BCUT2D eigenvalue weighted by molar-refractivity contribution is 7.99. The van der Waals surface area contributed by atoms with Crippen LogP contribution in [0.15, 0.2) is 93.9 Å². The molecule has 0 amide bonds. The van der Waals surface area contributed by atoms with Crippen LogP contribution in [-0.4, -0.2) is 24.9 Å². The molecule has 0 fully saturated rings. The van der Waals surface area contributed by atoms with Crippen molar-refractivity contribution < 1.29 is 8.91 Å². The second kappa shape index (κ2) is 8.33. The standard InChI is InChI=1S/C22H13ClFN5OS/c23-15-4-6-17(7-5-15)31-20-12-29(16-2-1-9-25-11-16)27-21(20)18-8-3-14(10-19(18)24)22-26-13-30-28-22/h1-13H. The molecule has 31 heavy (non-hydrogen) atoms. The van der Waals surface area contributed by atoms with Crippen LogP contribution in [0.4, 0.5) is 4.39 Å². The highest BCUT2D eigenvalue weighted by Crippen LogP contribution is 2.38. The summed E-state index contributed by atoms with van der Waals surface area (Å²) in [5.74, 6) is -0.112. The lowest BCUT2D eigenvalue weighted by Gasteiger charge is -2.05. The monoisotopic (exact) mass is 449 g/mol. The minimum Gasteiger partial charge on any atom is -0.342 e. The van der Waals surface area contributed by atoms with Crippen LogP contribution < -0.4 is 0 Å². The smallest absolute Gasteiger partial charge is 0.214 e. The van der Waals surface area contributed by atoms with Crippen molar-refractivity contribution in [2.24, 2.45) is 0 Å². The van der Waals surface area contributed by atoms with Crippen LogP contribution in [0, 0.1) is 5.82 Å².